The summed E-state index contributed by atoms with van der Waals surface area (Å²) in [5.41, 5.74) is 6.27. The van der Waals surface area contributed by atoms with E-state index in [4.69, 9.17) is 5.73 Å². The molecule has 0 spiro atoms. The predicted octanol–water partition coefficient (Wildman–Crippen LogP) is -0.460. The normalized spacial score (nSPS) is 9.62. The average Bonchev–Trinajstić information content (AvgIpc) is 2.45. The van der Waals surface area contributed by atoms with E-state index in [1.165, 1.54) is 6.92 Å². The molecule has 72 valence electrons. The van der Waals surface area contributed by atoms with E-state index in [9.17, 15) is 4.79 Å². The third kappa shape index (κ3) is 3.02. The molecule has 1 heterocycles. The van der Waals surface area contributed by atoms with E-state index < -0.39 is 0 Å². The zero-order valence-electron chi connectivity index (χ0n) is 7.42. The number of aromatic amines is 1. The minimum atomic E-state index is -0.0398. The topological polar surface area (TPSA) is 95.8 Å². The standard InChI is InChI=1S/C7H13N5O/c1-5(13)9-2-3-10-6-4-11-12-7(6)8/h4,10H,2-3H2,1H3,(H,9,13)(H3,8,11,12). The van der Waals surface area contributed by atoms with Gasteiger partial charge in [-0.2, -0.15) is 5.10 Å². The molecule has 0 atom stereocenters. The number of carbonyl (C=O) groups is 1. The number of nitrogens with two attached hydrogens (primary N) is 1. The van der Waals surface area contributed by atoms with Crippen LogP contribution in [0.2, 0.25) is 0 Å². The Kier molecular flexibility index (Phi) is 3.13. The number of H-pyrrole nitrogens is 1. The molecule has 0 aromatic carbocycles. The van der Waals surface area contributed by atoms with Crippen molar-refractivity contribution >= 4 is 17.4 Å². The summed E-state index contributed by atoms with van der Waals surface area (Å²) in [6, 6.07) is 0. The molecule has 0 radical (unpaired) electrons. The second kappa shape index (κ2) is 4.34. The Balaban J connectivity index is 2.20. The van der Waals surface area contributed by atoms with Gasteiger partial charge in [-0.3, -0.25) is 9.89 Å². The minimum absolute atomic E-state index is 0.0398. The van der Waals surface area contributed by atoms with Crippen LogP contribution < -0.4 is 16.4 Å². The Morgan fingerprint density at radius 2 is 2.46 bits per heavy atom. The van der Waals surface area contributed by atoms with Gasteiger partial charge in [0, 0.05) is 20.0 Å². The van der Waals surface area contributed by atoms with E-state index in [1.54, 1.807) is 6.20 Å². The highest BCUT2D eigenvalue weighted by atomic mass is 16.1. The smallest absolute Gasteiger partial charge is 0.216 e. The second-order valence-electron chi connectivity index (χ2n) is 2.61. The van der Waals surface area contributed by atoms with Gasteiger partial charge in [-0.15, -0.1) is 0 Å². The van der Waals surface area contributed by atoms with E-state index in [0.29, 0.717) is 18.9 Å². The van der Waals surface area contributed by atoms with Gasteiger partial charge in [0.15, 0.2) is 0 Å². The Labute approximate surface area is 75.9 Å². The summed E-state index contributed by atoms with van der Waals surface area (Å²) >= 11 is 0. The van der Waals surface area contributed by atoms with Gasteiger partial charge >= 0.3 is 0 Å². The number of aromatic nitrogens is 2. The van der Waals surface area contributed by atoms with Crippen molar-refractivity contribution in [3.63, 3.8) is 0 Å². The van der Waals surface area contributed by atoms with Gasteiger partial charge in [-0.25, -0.2) is 0 Å². The highest BCUT2D eigenvalue weighted by Gasteiger charge is 1.98. The molecule has 0 fully saturated rings. The Bertz CT molecular complexity index is 282. The predicted molar refractivity (Wildman–Crippen MR) is 50.2 cm³/mol. The number of anilines is 2. The fraction of sp³-hybridized carbons (Fsp3) is 0.429. The van der Waals surface area contributed by atoms with E-state index in [-0.39, 0.29) is 5.91 Å². The first-order valence-corrected chi connectivity index (χ1v) is 3.97. The number of hydrogen-bond donors (Lipinski definition) is 4. The number of carbonyl (C=O) groups excluding carboxylic acids is 1. The maximum absolute atomic E-state index is 10.5. The van der Waals surface area contributed by atoms with Crippen molar-refractivity contribution in [2.75, 3.05) is 24.1 Å². The number of hydrogen-bond acceptors (Lipinski definition) is 4. The molecule has 0 saturated carbocycles. The van der Waals surface area contributed by atoms with Crippen molar-refractivity contribution in [2.45, 2.75) is 6.92 Å². The van der Waals surface area contributed by atoms with Crippen LogP contribution in [0.1, 0.15) is 6.92 Å². The van der Waals surface area contributed by atoms with Crippen molar-refractivity contribution in [3.8, 4) is 0 Å². The van der Waals surface area contributed by atoms with Crippen LogP contribution in [0.3, 0.4) is 0 Å². The fourth-order valence-corrected chi connectivity index (χ4v) is 0.873. The minimum Gasteiger partial charge on any atom is -0.382 e. The van der Waals surface area contributed by atoms with Crippen LogP contribution in [0.15, 0.2) is 6.20 Å². The molecule has 5 N–H and O–H groups in total. The molecule has 1 aromatic heterocycles. The number of amides is 1. The molecule has 13 heavy (non-hydrogen) atoms. The van der Waals surface area contributed by atoms with E-state index >= 15 is 0 Å². The zero-order chi connectivity index (χ0) is 9.68. The largest absolute Gasteiger partial charge is 0.382 e. The van der Waals surface area contributed by atoms with Crippen molar-refractivity contribution in [3.05, 3.63) is 6.20 Å². The lowest BCUT2D eigenvalue weighted by atomic mass is 10.5. The molecule has 1 amide bonds. The molecule has 0 bridgehead atoms. The summed E-state index contributed by atoms with van der Waals surface area (Å²) in [4.78, 5) is 10.5. The van der Waals surface area contributed by atoms with E-state index in [0.717, 1.165) is 5.69 Å². The van der Waals surface area contributed by atoms with E-state index in [2.05, 4.69) is 20.8 Å². The van der Waals surface area contributed by atoms with Crippen LogP contribution in [0.5, 0.6) is 0 Å². The van der Waals surface area contributed by atoms with Crippen molar-refractivity contribution in [1.82, 2.24) is 15.5 Å². The zero-order valence-corrected chi connectivity index (χ0v) is 7.42. The van der Waals surface area contributed by atoms with Crippen molar-refractivity contribution < 1.29 is 4.79 Å². The van der Waals surface area contributed by atoms with E-state index in [1.807, 2.05) is 0 Å². The lowest BCUT2D eigenvalue weighted by Crippen LogP contribution is -2.26. The molecule has 0 unspecified atom stereocenters. The first-order chi connectivity index (χ1) is 6.20. The molecular formula is C7H13N5O. The van der Waals surface area contributed by atoms with Gasteiger partial charge in [0.2, 0.25) is 5.91 Å². The van der Waals surface area contributed by atoms with Gasteiger partial charge in [0.05, 0.1) is 11.9 Å². The molecule has 1 rings (SSSR count). The molecule has 1 aromatic rings. The van der Waals surface area contributed by atoms with Crippen LogP contribution in [-0.2, 0) is 4.79 Å². The van der Waals surface area contributed by atoms with Gasteiger partial charge in [-0.1, -0.05) is 0 Å². The fourth-order valence-electron chi connectivity index (χ4n) is 0.873. The summed E-state index contributed by atoms with van der Waals surface area (Å²) in [5, 5.41) is 12.0. The maximum Gasteiger partial charge on any atom is 0.216 e. The quantitative estimate of drug-likeness (QED) is 0.475. The van der Waals surface area contributed by atoms with Crippen LogP contribution in [0.25, 0.3) is 0 Å². The lowest BCUT2D eigenvalue weighted by molar-refractivity contribution is -0.118. The van der Waals surface area contributed by atoms with Crippen molar-refractivity contribution in [1.29, 1.82) is 0 Å². The molecular weight excluding hydrogens is 170 g/mol. The summed E-state index contributed by atoms with van der Waals surface area (Å²) in [6.07, 6.45) is 1.60. The van der Waals surface area contributed by atoms with Crippen LogP contribution in [0, 0.1) is 0 Å². The SMILES string of the molecule is CC(=O)NCCNc1cn[nH]c1N. The number of rotatable bonds is 4. The molecule has 6 nitrogen and oxygen atoms in total. The Morgan fingerprint density at radius 1 is 1.69 bits per heavy atom. The monoisotopic (exact) mass is 183 g/mol. The maximum atomic E-state index is 10.5. The average molecular weight is 183 g/mol. The molecule has 6 heteroatoms. The number of nitrogen functional groups attached to an aromatic ring is 1. The summed E-state index contributed by atoms with van der Waals surface area (Å²) in [6.45, 7) is 2.68. The number of nitrogens with one attached hydrogen (secondary N) is 3. The van der Waals surface area contributed by atoms with Gasteiger partial charge in [0.1, 0.15) is 5.82 Å². The highest BCUT2D eigenvalue weighted by Crippen LogP contribution is 2.11. The van der Waals surface area contributed by atoms with Gasteiger partial charge in [0.25, 0.3) is 0 Å². The third-order valence-corrected chi connectivity index (χ3v) is 1.48. The first kappa shape index (κ1) is 9.37. The number of nitrogens with zero attached hydrogens (tertiary/aromatic N) is 1. The molecule has 0 aliphatic carbocycles. The van der Waals surface area contributed by atoms with Crippen LogP contribution in [0.4, 0.5) is 11.5 Å². The van der Waals surface area contributed by atoms with Crippen LogP contribution >= 0.6 is 0 Å². The Morgan fingerprint density at radius 3 is 3.00 bits per heavy atom. The van der Waals surface area contributed by atoms with Crippen LogP contribution in [-0.4, -0.2) is 29.2 Å². The summed E-state index contributed by atoms with van der Waals surface area (Å²) in [7, 11) is 0. The lowest BCUT2D eigenvalue weighted by Gasteiger charge is -2.04. The first-order valence-electron chi connectivity index (χ1n) is 3.97. The second-order valence-corrected chi connectivity index (χ2v) is 2.61. The molecule has 0 saturated heterocycles. The third-order valence-electron chi connectivity index (χ3n) is 1.48. The highest BCUT2D eigenvalue weighted by molar-refractivity contribution is 5.72. The molecule has 0 aliphatic heterocycles. The Hall–Kier alpha value is -1.72. The van der Waals surface area contributed by atoms with Crippen molar-refractivity contribution in [2.24, 2.45) is 0 Å². The van der Waals surface area contributed by atoms with Gasteiger partial charge in [-0.05, 0) is 0 Å². The van der Waals surface area contributed by atoms with Gasteiger partial charge < -0.3 is 16.4 Å². The summed E-state index contributed by atoms with van der Waals surface area (Å²) in [5.74, 6) is 0.463. The molecule has 0 aliphatic rings. The summed E-state index contributed by atoms with van der Waals surface area (Å²) < 4.78 is 0.